The Hall–Kier alpha value is -1.44. The van der Waals surface area contributed by atoms with Crippen molar-refractivity contribution in [1.82, 2.24) is 0 Å². The third-order valence-electron chi connectivity index (χ3n) is 3.56. The molecule has 0 N–H and O–H groups in total. The fourth-order valence-electron chi connectivity index (χ4n) is 2.55. The largest absolute Gasteiger partial charge is 0.495 e. The molecule has 0 unspecified atom stereocenters. The monoisotopic (exact) mass is 231 g/mol. The summed E-state index contributed by atoms with van der Waals surface area (Å²) >= 11 is 0. The van der Waals surface area contributed by atoms with E-state index in [-0.39, 0.29) is 0 Å². The average molecular weight is 231 g/mol. The van der Waals surface area contributed by atoms with Gasteiger partial charge in [0, 0.05) is 12.7 Å². The van der Waals surface area contributed by atoms with Gasteiger partial charge in [0.2, 0.25) is 0 Å². The number of para-hydroxylation sites is 2. The van der Waals surface area contributed by atoms with E-state index in [1.807, 2.05) is 12.1 Å². The maximum absolute atomic E-state index is 5.43. The summed E-state index contributed by atoms with van der Waals surface area (Å²) in [6, 6.07) is 8.21. The Balaban J connectivity index is 2.33. The van der Waals surface area contributed by atoms with Crippen molar-refractivity contribution in [2.24, 2.45) is 0 Å². The van der Waals surface area contributed by atoms with E-state index in [4.69, 9.17) is 4.74 Å². The van der Waals surface area contributed by atoms with Gasteiger partial charge in [-0.3, -0.25) is 0 Å². The van der Waals surface area contributed by atoms with Crippen LogP contribution in [0.5, 0.6) is 5.75 Å². The molecule has 1 aliphatic carbocycles. The second-order valence-electron chi connectivity index (χ2n) is 4.66. The Bertz CT molecular complexity index is 423. The fraction of sp³-hybridized carbons (Fsp3) is 0.467. The first-order valence-electron chi connectivity index (χ1n) is 6.29. The topological polar surface area (TPSA) is 12.5 Å². The molecule has 0 bridgehead atoms. The number of methoxy groups -OCH3 is 1. The molecule has 17 heavy (non-hydrogen) atoms. The molecule has 2 heteroatoms. The number of nitrogens with zero attached hydrogens (tertiary/aromatic N) is 1. The van der Waals surface area contributed by atoms with Crippen molar-refractivity contribution in [3.63, 3.8) is 0 Å². The molecule has 2 nitrogen and oxygen atoms in total. The Kier molecular flexibility index (Phi) is 3.72. The summed E-state index contributed by atoms with van der Waals surface area (Å²) in [5.74, 6) is 0.945. The van der Waals surface area contributed by atoms with Gasteiger partial charge in [0.05, 0.1) is 12.8 Å². The highest BCUT2D eigenvalue weighted by molar-refractivity contribution is 5.62. The van der Waals surface area contributed by atoms with Crippen LogP contribution in [0.25, 0.3) is 0 Å². The highest BCUT2D eigenvalue weighted by atomic mass is 16.5. The number of rotatable bonds is 3. The zero-order valence-electron chi connectivity index (χ0n) is 11.0. The summed E-state index contributed by atoms with van der Waals surface area (Å²) in [5.41, 5.74) is 4.14. The molecular formula is C15H21NO. The molecule has 1 aromatic rings. The van der Waals surface area contributed by atoms with E-state index in [9.17, 15) is 0 Å². The second-order valence-corrected chi connectivity index (χ2v) is 4.66. The van der Waals surface area contributed by atoms with Crippen LogP contribution in [-0.4, -0.2) is 14.2 Å². The van der Waals surface area contributed by atoms with Crippen molar-refractivity contribution in [2.75, 3.05) is 19.1 Å². The lowest BCUT2D eigenvalue weighted by molar-refractivity contribution is 0.415. The van der Waals surface area contributed by atoms with Crippen LogP contribution in [0.2, 0.25) is 0 Å². The number of benzene rings is 1. The van der Waals surface area contributed by atoms with E-state index >= 15 is 0 Å². The highest BCUT2D eigenvalue weighted by Gasteiger charge is 2.16. The lowest BCUT2D eigenvalue weighted by atomic mass is 9.96. The predicted molar refractivity (Wildman–Crippen MR) is 72.6 cm³/mol. The first kappa shape index (κ1) is 12.0. The lowest BCUT2D eigenvalue weighted by Gasteiger charge is -2.29. The molecule has 0 heterocycles. The third-order valence-corrected chi connectivity index (χ3v) is 3.56. The Morgan fingerprint density at radius 1 is 1.12 bits per heavy atom. The van der Waals surface area contributed by atoms with Gasteiger partial charge in [-0.15, -0.1) is 0 Å². The smallest absolute Gasteiger partial charge is 0.142 e. The molecule has 1 aromatic carbocycles. The number of anilines is 1. The van der Waals surface area contributed by atoms with Crippen LogP contribution >= 0.6 is 0 Å². The standard InChI is InChI=1S/C15H21NO/c1-12-8-4-5-9-13(12)16(2)14-10-6-7-11-15(14)17-3/h6-7,10-11H,4-5,8-9H2,1-3H3. The van der Waals surface area contributed by atoms with Gasteiger partial charge in [-0.25, -0.2) is 0 Å². The molecule has 0 saturated heterocycles. The highest BCUT2D eigenvalue weighted by Crippen LogP contribution is 2.34. The van der Waals surface area contributed by atoms with Gasteiger partial charge in [-0.1, -0.05) is 17.7 Å². The van der Waals surface area contributed by atoms with Gasteiger partial charge in [-0.2, -0.15) is 0 Å². The molecule has 0 aromatic heterocycles. The molecule has 0 fully saturated rings. The van der Waals surface area contributed by atoms with Crippen molar-refractivity contribution < 1.29 is 4.74 Å². The quantitative estimate of drug-likeness (QED) is 0.780. The summed E-state index contributed by atoms with van der Waals surface area (Å²) in [6.45, 7) is 2.25. The van der Waals surface area contributed by atoms with E-state index in [1.54, 1.807) is 7.11 Å². The van der Waals surface area contributed by atoms with Crippen LogP contribution in [0.1, 0.15) is 32.6 Å². The van der Waals surface area contributed by atoms with Crippen LogP contribution in [-0.2, 0) is 0 Å². The number of ether oxygens (including phenoxy) is 1. The van der Waals surface area contributed by atoms with Gasteiger partial charge < -0.3 is 9.64 Å². The first-order chi connectivity index (χ1) is 8.24. The Morgan fingerprint density at radius 2 is 1.82 bits per heavy atom. The van der Waals surface area contributed by atoms with Crippen molar-refractivity contribution in [1.29, 1.82) is 0 Å². The lowest BCUT2D eigenvalue weighted by Crippen LogP contribution is -2.20. The van der Waals surface area contributed by atoms with Crippen molar-refractivity contribution in [2.45, 2.75) is 32.6 Å². The van der Waals surface area contributed by atoms with E-state index in [0.717, 1.165) is 11.4 Å². The van der Waals surface area contributed by atoms with E-state index in [2.05, 4.69) is 31.0 Å². The van der Waals surface area contributed by atoms with Crippen molar-refractivity contribution >= 4 is 5.69 Å². The Labute approximate surface area is 104 Å². The molecule has 0 atom stereocenters. The number of allylic oxidation sites excluding steroid dienone is 2. The summed E-state index contributed by atoms with van der Waals surface area (Å²) in [5, 5.41) is 0. The minimum atomic E-state index is 0.945. The van der Waals surface area contributed by atoms with Gasteiger partial charge in [0.25, 0.3) is 0 Å². The van der Waals surface area contributed by atoms with Crippen LogP contribution in [0.4, 0.5) is 5.69 Å². The molecule has 1 aliphatic rings. The van der Waals surface area contributed by atoms with Crippen LogP contribution in [0.3, 0.4) is 0 Å². The zero-order valence-corrected chi connectivity index (χ0v) is 11.0. The zero-order chi connectivity index (χ0) is 12.3. The fourth-order valence-corrected chi connectivity index (χ4v) is 2.55. The van der Waals surface area contributed by atoms with Gasteiger partial charge >= 0.3 is 0 Å². The van der Waals surface area contributed by atoms with Crippen molar-refractivity contribution in [3.05, 3.63) is 35.5 Å². The van der Waals surface area contributed by atoms with E-state index in [0.29, 0.717) is 0 Å². The van der Waals surface area contributed by atoms with Crippen molar-refractivity contribution in [3.8, 4) is 5.75 Å². The van der Waals surface area contributed by atoms with E-state index < -0.39 is 0 Å². The van der Waals surface area contributed by atoms with E-state index in [1.165, 1.54) is 37.0 Å². The summed E-state index contributed by atoms with van der Waals surface area (Å²) < 4.78 is 5.43. The molecule has 2 rings (SSSR count). The molecule has 0 radical (unpaired) electrons. The molecule has 0 aliphatic heterocycles. The molecule has 92 valence electrons. The van der Waals surface area contributed by atoms with Crippen LogP contribution in [0.15, 0.2) is 35.5 Å². The molecule has 0 amide bonds. The normalized spacial score (nSPS) is 15.9. The molecular weight excluding hydrogens is 210 g/mol. The predicted octanol–water partition coefficient (Wildman–Crippen LogP) is 3.98. The maximum Gasteiger partial charge on any atom is 0.142 e. The minimum absolute atomic E-state index is 0.945. The van der Waals surface area contributed by atoms with Gasteiger partial charge in [-0.05, 0) is 44.7 Å². The molecule has 0 saturated carbocycles. The average Bonchev–Trinajstić information content (AvgIpc) is 2.38. The SMILES string of the molecule is COc1ccccc1N(C)C1=C(C)CCCC1. The number of hydrogen-bond acceptors (Lipinski definition) is 2. The van der Waals surface area contributed by atoms with Crippen LogP contribution in [0, 0.1) is 0 Å². The minimum Gasteiger partial charge on any atom is -0.495 e. The number of hydrogen-bond donors (Lipinski definition) is 0. The summed E-state index contributed by atoms with van der Waals surface area (Å²) in [4.78, 5) is 2.29. The van der Waals surface area contributed by atoms with Gasteiger partial charge in [0.15, 0.2) is 0 Å². The maximum atomic E-state index is 5.43. The van der Waals surface area contributed by atoms with Crippen LogP contribution < -0.4 is 9.64 Å². The van der Waals surface area contributed by atoms with Gasteiger partial charge in [0.1, 0.15) is 5.75 Å². The first-order valence-corrected chi connectivity index (χ1v) is 6.29. The summed E-state index contributed by atoms with van der Waals surface area (Å²) in [7, 11) is 3.87. The summed E-state index contributed by atoms with van der Waals surface area (Å²) in [6.07, 6.45) is 5.04. The third kappa shape index (κ3) is 2.46. The Morgan fingerprint density at radius 3 is 2.53 bits per heavy atom. The second kappa shape index (κ2) is 5.26. The molecule has 0 spiro atoms.